The highest BCUT2D eigenvalue weighted by atomic mass is 16.3. The second-order valence-electron chi connectivity index (χ2n) is 3.28. The molecule has 1 N–H and O–H groups in total. The molecule has 1 aliphatic carbocycles. The molecule has 1 saturated carbocycles. The van der Waals surface area contributed by atoms with Gasteiger partial charge in [-0.2, -0.15) is 0 Å². The fourth-order valence-electron chi connectivity index (χ4n) is 1.69. The number of aliphatic hydroxyl groups is 1. The van der Waals surface area contributed by atoms with Crippen molar-refractivity contribution in [2.45, 2.75) is 19.8 Å². The van der Waals surface area contributed by atoms with Crippen molar-refractivity contribution in [1.82, 2.24) is 0 Å². The van der Waals surface area contributed by atoms with Gasteiger partial charge in [0, 0.05) is 6.61 Å². The molecule has 1 rings (SSSR count). The third-order valence-electron chi connectivity index (χ3n) is 2.76. The van der Waals surface area contributed by atoms with Crippen LogP contribution >= 0.6 is 0 Å². The smallest absolute Gasteiger partial charge is 0.0462 e. The van der Waals surface area contributed by atoms with E-state index in [4.69, 9.17) is 5.11 Å². The number of rotatable bonds is 3. The van der Waals surface area contributed by atoms with E-state index in [-0.39, 0.29) is 0 Å². The highest BCUT2D eigenvalue weighted by Gasteiger charge is 2.32. The minimum atomic E-state index is 0.364. The quantitative estimate of drug-likeness (QED) is 0.593. The van der Waals surface area contributed by atoms with Crippen molar-refractivity contribution in [3.05, 3.63) is 12.7 Å². The number of hydrogen-bond acceptors (Lipinski definition) is 1. The molecule has 3 atom stereocenters. The minimum absolute atomic E-state index is 0.364. The fourth-order valence-corrected chi connectivity index (χ4v) is 1.69. The van der Waals surface area contributed by atoms with Crippen LogP contribution in [0.4, 0.5) is 0 Å². The Hall–Kier alpha value is -0.300. The summed E-state index contributed by atoms with van der Waals surface area (Å²) < 4.78 is 0. The van der Waals surface area contributed by atoms with Crippen LogP contribution in [-0.2, 0) is 0 Å². The SMILES string of the molecule is C=CC(C)[C@@H]1CC[C@H]1CO. The van der Waals surface area contributed by atoms with Crippen LogP contribution in [0.15, 0.2) is 12.7 Å². The molecule has 1 heteroatoms. The molecule has 0 aromatic heterocycles. The number of aliphatic hydroxyl groups excluding tert-OH is 1. The van der Waals surface area contributed by atoms with Crippen LogP contribution in [0.25, 0.3) is 0 Å². The van der Waals surface area contributed by atoms with Crippen molar-refractivity contribution in [2.24, 2.45) is 17.8 Å². The van der Waals surface area contributed by atoms with Gasteiger partial charge in [0.15, 0.2) is 0 Å². The fraction of sp³-hybridized carbons (Fsp3) is 0.778. The van der Waals surface area contributed by atoms with Crippen molar-refractivity contribution in [2.75, 3.05) is 6.61 Å². The van der Waals surface area contributed by atoms with Gasteiger partial charge in [-0.1, -0.05) is 13.0 Å². The van der Waals surface area contributed by atoms with Gasteiger partial charge >= 0.3 is 0 Å². The number of allylic oxidation sites excluding steroid dienone is 1. The van der Waals surface area contributed by atoms with Crippen LogP contribution < -0.4 is 0 Å². The molecule has 0 heterocycles. The summed E-state index contributed by atoms with van der Waals surface area (Å²) in [5.41, 5.74) is 0. The Labute approximate surface area is 62.8 Å². The summed E-state index contributed by atoms with van der Waals surface area (Å²) in [4.78, 5) is 0. The van der Waals surface area contributed by atoms with E-state index < -0.39 is 0 Å². The third kappa shape index (κ3) is 1.24. The van der Waals surface area contributed by atoms with E-state index >= 15 is 0 Å². The van der Waals surface area contributed by atoms with Gasteiger partial charge in [0.05, 0.1) is 0 Å². The van der Waals surface area contributed by atoms with Crippen LogP contribution in [0.3, 0.4) is 0 Å². The Kier molecular flexibility index (Phi) is 2.50. The molecule has 1 unspecified atom stereocenters. The maximum Gasteiger partial charge on any atom is 0.0462 e. The van der Waals surface area contributed by atoms with Crippen molar-refractivity contribution in [3.63, 3.8) is 0 Å². The van der Waals surface area contributed by atoms with Crippen molar-refractivity contribution in [1.29, 1.82) is 0 Å². The molecular formula is C9H16O. The van der Waals surface area contributed by atoms with E-state index in [1.807, 2.05) is 6.08 Å². The molecule has 10 heavy (non-hydrogen) atoms. The van der Waals surface area contributed by atoms with Gasteiger partial charge in [0.2, 0.25) is 0 Å². The normalized spacial score (nSPS) is 34.6. The molecular weight excluding hydrogens is 124 g/mol. The Morgan fingerprint density at radius 3 is 2.70 bits per heavy atom. The topological polar surface area (TPSA) is 20.2 Å². The predicted octanol–water partition coefficient (Wildman–Crippen LogP) is 1.83. The summed E-state index contributed by atoms with van der Waals surface area (Å²) in [5, 5.41) is 8.87. The monoisotopic (exact) mass is 140 g/mol. The first-order chi connectivity index (χ1) is 4.79. The maximum atomic E-state index is 8.87. The summed E-state index contributed by atoms with van der Waals surface area (Å²) in [5.74, 6) is 1.86. The van der Waals surface area contributed by atoms with Crippen LogP contribution in [-0.4, -0.2) is 11.7 Å². The summed E-state index contributed by atoms with van der Waals surface area (Å²) in [7, 11) is 0. The summed E-state index contributed by atoms with van der Waals surface area (Å²) in [6.45, 7) is 6.29. The average Bonchev–Trinajstić information content (AvgIpc) is 1.86. The largest absolute Gasteiger partial charge is 0.396 e. The van der Waals surface area contributed by atoms with Gasteiger partial charge in [0.1, 0.15) is 0 Å². The lowest BCUT2D eigenvalue weighted by Crippen LogP contribution is -2.32. The molecule has 0 aromatic carbocycles. The standard InChI is InChI=1S/C9H16O/c1-3-7(2)9-5-4-8(9)6-10/h3,7-10H,1,4-6H2,2H3/t7?,8-,9-/m0/s1. The van der Waals surface area contributed by atoms with Crippen LogP contribution in [0.1, 0.15) is 19.8 Å². The minimum Gasteiger partial charge on any atom is -0.396 e. The Morgan fingerprint density at radius 1 is 1.70 bits per heavy atom. The summed E-state index contributed by atoms with van der Waals surface area (Å²) in [6.07, 6.45) is 4.48. The second-order valence-corrected chi connectivity index (χ2v) is 3.28. The van der Waals surface area contributed by atoms with Gasteiger partial charge in [-0.3, -0.25) is 0 Å². The molecule has 58 valence electrons. The van der Waals surface area contributed by atoms with Gasteiger partial charge < -0.3 is 5.11 Å². The molecule has 0 spiro atoms. The molecule has 1 nitrogen and oxygen atoms in total. The first-order valence-corrected chi connectivity index (χ1v) is 4.03. The first-order valence-electron chi connectivity index (χ1n) is 4.03. The van der Waals surface area contributed by atoms with E-state index in [9.17, 15) is 0 Å². The van der Waals surface area contributed by atoms with E-state index in [2.05, 4.69) is 13.5 Å². The van der Waals surface area contributed by atoms with E-state index in [1.54, 1.807) is 0 Å². The average molecular weight is 140 g/mol. The van der Waals surface area contributed by atoms with E-state index in [1.165, 1.54) is 12.8 Å². The molecule has 0 aliphatic heterocycles. The third-order valence-corrected chi connectivity index (χ3v) is 2.76. The molecule has 0 amide bonds. The van der Waals surface area contributed by atoms with Crippen LogP contribution in [0.2, 0.25) is 0 Å². The molecule has 0 aromatic rings. The number of hydrogen-bond donors (Lipinski definition) is 1. The van der Waals surface area contributed by atoms with E-state index in [0.717, 1.165) is 0 Å². The van der Waals surface area contributed by atoms with Crippen LogP contribution in [0, 0.1) is 17.8 Å². The molecule has 0 bridgehead atoms. The zero-order chi connectivity index (χ0) is 7.56. The van der Waals surface area contributed by atoms with E-state index in [0.29, 0.717) is 24.4 Å². The highest BCUT2D eigenvalue weighted by molar-refractivity contribution is 4.90. The molecule has 0 saturated heterocycles. The maximum absolute atomic E-state index is 8.87. The Balaban J connectivity index is 2.34. The zero-order valence-corrected chi connectivity index (χ0v) is 6.59. The Bertz CT molecular complexity index is 118. The van der Waals surface area contributed by atoms with Gasteiger partial charge in [-0.15, -0.1) is 6.58 Å². The molecule has 0 radical (unpaired) electrons. The lowest BCUT2D eigenvalue weighted by molar-refractivity contribution is 0.0677. The molecule has 1 aliphatic rings. The first kappa shape index (κ1) is 7.80. The highest BCUT2D eigenvalue weighted by Crippen LogP contribution is 2.39. The summed E-state index contributed by atoms with van der Waals surface area (Å²) in [6, 6.07) is 0. The predicted molar refractivity (Wildman–Crippen MR) is 42.7 cm³/mol. The van der Waals surface area contributed by atoms with Crippen molar-refractivity contribution >= 4 is 0 Å². The van der Waals surface area contributed by atoms with Crippen molar-refractivity contribution in [3.8, 4) is 0 Å². The Morgan fingerprint density at radius 2 is 2.40 bits per heavy atom. The van der Waals surface area contributed by atoms with Gasteiger partial charge in [-0.25, -0.2) is 0 Å². The van der Waals surface area contributed by atoms with Gasteiger partial charge in [0.25, 0.3) is 0 Å². The van der Waals surface area contributed by atoms with Gasteiger partial charge in [-0.05, 0) is 30.6 Å². The van der Waals surface area contributed by atoms with Crippen molar-refractivity contribution < 1.29 is 5.11 Å². The van der Waals surface area contributed by atoms with Crippen LogP contribution in [0.5, 0.6) is 0 Å². The summed E-state index contributed by atoms with van der Waals surface area (Å²) >= 11 is 0. The lowest BCUT2D eigenvalue weighted by Gasteiger charge is -2.38. The molecule has 1 fully saturated rings. The lowest BCUT2D eigenvalue weighted by atomic mass is 9.68. The second kappa shape index (κ2) is 3.20. The zero-order valence-electron chi connectivity index (χ0n) is 6.59.